The molecule has 3 aromatic carbocycles. The van der Waals surface area contributed by atoms with Gasteiger partial charge in [-0.05, 0) is 47.4 Å². The molecule has 1 aromatic heterocycles. The number of amidine groups is 1. The van der Waals surface area contributed by atoms with Crippen LogP contribution in [0.5, 0.6) is 5.75 Å². The van der Waals surface area contributed by atoms with E-state index in [9.17, 15) is 18.0 Å². The van der Waals surface area contributed by atoms with E-state index in [4.69, 9.17) is 5.26 Å². The second kappa shape index (κ2) is 14.3. The second-order valence-electron chi connectivity index (χ2n) is 10.4. The number of rotatable bonds is 11. The van der Waals surface area contributed by atoms with E-state index in [1.807, 2.05) is 54.6 Å². The summed E-state index contributed by atoms with van der Waals surface area (Å²) in [4.78, 5) is 18.9. The fourth-order valence-electron chi connectivity index (χ4n) is 4.63. The fraction of sp³-hybridized carbons (Fsp3) is 0.250. The quantitative estimate of drug-likeness (QED) is 0.106. The van der Waals surface area contributed by atoms with Gasteiger partial charge in [0.2, 0.25) is 11.9 Å². The van der Waals surface area contributed by atoms with Crippen molar-refractivity contribution in [3.63, 3.8) is 0 Å². The largest absolute Gasteiger partial charge is 0.573 e. The normalized spacial score (nSPS) is 14.4. The lowest BCUT2D eigenvalue weighted by Gasteiger charge is -2.20. The summed E-state index contributed by atoms with van der Waals surface area (Å²) in [5.74, 6) is 0.870. The molecular weight excluding hydrogens is 617 g/mol. The molecule has 10 nitrogen and oxygen atoms in total. The highest BCUT2D eigenvalue weighted by atomic mass is 32.2. The topological polar surface area (TPSA) is 121 Å². The molecule has 1 aliphatic heterocycles. The van der Waals surface area contributed by atoms with Crippen molar-refractivity contribution < 1.29 is 22.7 Å². The van der Waals surface area contributed by atoms with Crippen LogP contribution in [0.2, 0.25) is 0 Å². The zero-order valence-corrected chi connectivity index (χ0v) is 25.7. The Morgan fingerprint density at radius 1 is 1.11 bits per heavy atom. The van der Waals surface area contributed by atoms with Crippen LogP contribution in [0, 0.1) is 11.3 Å². The standard InChI is InChI=1S/C32H29F3N8O2S/c1-21(2)26-6-3-4-7-27(26)42-28(44)20-46-31(42)40-38-19-16-22-8-10-23(11-9-22)29-39-30(37-18-5-17-36)43(41-29)24-12-14-25(15-13-24)45-32(33,34)35/h3-4,6-15,19,21H,5,16,18,20H2,1-2H3,(H,37,39,41)/b38-19-,40-31-. The summed E-state index contributed by atoms with van der Waals surface area (Å²) in [7, 11) is 0. The maximum absolute atomic E-state index is 12.7. The number of halogens is 3. The van der Waals surface area contributed by atoms with Gasteiger partial charge in [0.1, 0.15) is 5.75 Å². The van der Waals surface area contributed by atoms with Gasteiger partial charge in [-0.3, -0.25) is 9.69 Å². The van der Waals surface area contributed by atoms with Crippen molar-refractivity contribution in [1.29, 1.82) is 5.26 Å². The highest BCUT2D eigenvalue weighted by Gasteiger charge is 2.32. The molecule has 46 heavy (non-hydrogen) atoms. The molecule has 5 rings (SSSR count). The number of alkyl halides is 3. The van der Waals surface area contributed by atoms with E-state index in [0.29, 0.717) is 46.9 Å². The highest BCUT2D eigenvalue weighted by molar-refractivity contribution is 8.15. The first-order chi connectivity index (χ1) is 22.1. The van der Waals surface area contributed by atoms with Crippen LogP contribution in [-0.2, 0) is 11.2 Å². The number of anilines is 2. The van der Waals surface area contributed by atoms with Crippen molar-refractivity contribution in [3.8, 4) is 28.9 Å². The first kappa shape index (κ1) is 32.2. The Balaban J connectivity index is 1.29. The van der Waals surface area contributed by atoms with Gasteiger partial charge in [0.15, 0.2) is 11.0 Å². The van der Waals surface area contributed by atoms with Crippen molar-refractivity contribution >= 4 is 40.7 Å². The van der Waals surface area contributed by atoms with Gasteiger partial charge in [-0.2, -0.15) is 20.0 Å². The molecule has 1 aliphatic rings. The van der Waals surface area contributed by atoms with E-state index >= 15 is 0 Å². The summed E-state index contributed by atoms with van der Waals surface area (Å²) in [6, 6.07) is 22.6. The van der Waals surface area contributed by atoms with Gasteiger partial charge >= 0.3 is 6.36 Å². The summed E-state index contributed by atoms with van der Waals surface area (Å²) >= 11 is 1.35. The van der Waals surface area contributed by atoms with Crippen molar-refractivity contribution in [3.05, 3.63) is 83.9 Å². The molecule has 236 valence electrons. The summed E-state index contributed by atoms with van der Waals surface area (Å²) in [6.07, 6.45) is -2.41. The number of nitriles is 1. The Hall–Kier alpha value is -5.16. The molecule has 1 saturated heterocycles. The number of benzene rings is 3. The van der Waals surface area contributed by atoms with Crippen molar-refractivity contribution in [2.45, 2.75) is 39.0 Å². The van der Waals surface area contributed by atoms with Gasteiger partial charge in [0.05, 0.1) is 29.6 Å². The summed E-state index contributed by atoms with van der Waals surface area (Å²) < 4.78 is 43.2. The average molecular weight is 647 g/mol. The van der Waals surface area contributed by atoms with Crippen molar-refractivity contribution in [2.24, 2.45) is 10.2 Å². The van der Waals surface area contributed by atoms with Gasteiger partial charge in [-0.1, -0.05) is 68.1 Å². The molecule has 1 amide bonds. The lowest BCUT2D eigenvalue weighted by Crippen LogP contribution is -2.30. The van der Waals surface area contributed by atoms with Crippen LogP contribution in [0.15, 0.2) is 83.0 Å². The first-order valence-electron chi connectivity index (χ1n) is 14.3. The number of thioether (sulfide) groups is 1. The van der Waals surface area contributed by atoms with E-state index in [2.05, 4.69) is 44.2 Å². The molecule has 4 aromatic rings. The third kappa shape index (κ3) is 7.91. The lowest BCUT2D eigenvalue weighted by atomic mass is 10.0. The molecule has 14 heteroatoms. The summed E-state index contributed by atoms with van der Waals surface area (Å²) in [5, 5.41) is 25.7. The first-order valence-corrected chi connectivity index (χ1v) is 15.3. The Labute approximate surface area is 267 Å². The lowest BCUT2D eigenvalue weighted by molar-refractivity contribution is -0.274. The number of ether oxygens (including phenoxy) is 1. The van der Waals surface area contributed by atoms with Gasteiger partial charge in [0.25, 0.3) is 0 Å². The van der Waals surface area contributed by atoms with Gasteiger partial charge < -0.3 is 10.1 Å². The van der Waals surface area contributed by atoms with E-state index in [-0.39, 0.29) is 24.0 Å². The number of nitrogens with one attached hydrogen (secondary N) is 1. The van der Waals surface area contributed by atoms with E-state index in [1.54, 1.807) is 11.1 Å². The average Bonchev–Trinajstić information content (AvgIpc) is 3.62. The number of aromatic nitrogens is 3. The number of carbonyl (C=O) groups excluding carboxylic acids is 1. The molecule has 0 saturated carbocycles. The molecule has 0 aliphatic carbocycles. The molecule has 1 N–H and O–H groups in total. The minimum atomic E-state index is -4.80. The minimum Gasteiger partial charge on any atom is -0.406 e. The summed E-state index contributed by atoms with van der Waals surface area (Å²) in [5.41, 5.74) is 4.00. The molecule has 0 bridgehead atoms. The van der Waals surface area contributed by atoms with Gasteiger partial charge in [0, 0.05) is 24.7 Å². The number of carbonyl (C=O) groups is 1. The van der Waals surface area contributed by atoms with Crippen molar-refractivity contribution in [1.82, 2.24) is 14.8 Å². The van der Waals surface area contributed by atoms with Crippen LogP contribution in [-0.4, -0.2) is 50.7 Å². The molecule has 0 unspecified atom stereocenters. The third-order valence-corrected chi connectivity index (χ3v) is 7.68. The predicted molar refractivity (Wildman–Crippen MR) is 172 cm³/mol. The van der Waals surface area contributed by atoms with Crippen LogP contribution in [0.4, 0.5) is 24.8 Å². The molecular formula is C32H29F3N8O2S. The highest BCUT2D eigenvalue weighted by Crippen LogP contribution is 2.33. The monoisotopic (exact) mass is 646 g/mol. The smallest absolute Gasteiger partial charge is 0.406 e. The zero-order chi connectivity index (χ0) is 32.7. The Bertz CT molecular complexity index is 1780. The van der Waals surface area contributed by atoms with Crippen LogP contribution in [0.3, 0.4) is 0 Å². The maximum atomic E-state index is 12.7. The number of hydrogen-bond donors (Lipinski definition) is 1. The maximum Gasteiger partial charge on any atom is 0.573 e. The molecule has 0 radical (unpaired) electrons. The van der Waals surface area contributed by atoms with Crippen LogP contribution in [0.1, 0.15) is 37.3 Å². The van der Waals surface area contributed by atoms with E-state index < -0.39 is 6.36 Å². The predicted octanol–water partition coefficient (Wildman–Crippen LogP) is 6.95. The summed E-state index contributed by atoms with van der Waals surface area (Å²) in [6.45, 7) is 4.47. The molecule has 1 fully saturated rings. The van der Waals surface area contributed by atoms with E-state index in [1.165, 1.54) is 40.7 Å². The molecule has 2 heterocycles. The number of hydrogen-bond acceptors (Lipinski definition) is 9. The Morgan fingerprint density at radius 2 is 1.85 bits per heavy atom. The SMILES string of the molecule is CC(C)c1ccccc1N1C(=O)CS/C1=N\N=C/Cc1ccc(-c2nc(NCCC#N)n(-c3ccc(OC(F)(F)F)cc3)n2)cc1. The zero-order valence-electron chi connectivity index (χ0n) is 24.9. The molecule has 0 spiro atoms. The molecule has 0 atom stereocenters. The van der Waals surface area contributed by atoms with Crippen LogP contribution < -0.4 is 15.0 Å². The number of nitrogens with zero attached hydrogens (tertiary/aromatic N) is 7. The van der Waals surface area contributed by atoms with E-state index in [0.717, 1.165) is 16.8 Å². The Kier molecular flexibility index (Phi) is 10.0. The number of para-hydroxylation sites is 1. The van der Waals surface area contributed by atoms with Crippen LogP contribution >= 0.6 is 11.8 Å². The Morgan fingerprint density at radius 3 is 2.54 bits per heavy atom. The second-order valence-corrected chi connectivity index (χ2v) is 11.3. The fourth-order valence-corrected chi connectivity index (χ4v) is 5.44. The third-order valence-electron chi connectivity index (χ3n) is 6.77. The van der Waals surface area contributed by atoms with Crippen LogP contribution in [0.25, 0.3) is 17.1 Å². The van der Waals surface area contributed by atoms with Gasteiger partial charge in [-0.25, -0.2) is 0 Å². The number of amides is 1. The van der Waals surface area contributed by atoms with Gasteiger partial charge in [-0.15, -0.1) is 23.4 Å². The van der Waals surface area contributed by atoms with Crippen molar-refractivity contribution in [2.75, 3.05) is 22.5 Å². The minimum absolute atomic E-state index is 0.0328.